The van der Waals surface area contributed by atoms with Gasteiger partial charge in [-0.3, -0.25) is 10.4 Å². The molecule has 0 bridgehead atoms. The predicted molar refractivity (Wildman–Crippen MR) is 60.5 cm³/mol. The Labute approximate surface area is 90.5 Å². The topological polar surface area (TPSA) is 114 Å². The third kappa shape index (κ3) is 6.26. The van der Waals surface area contributed by atoms with Gasteiger partial charge in [-0.25, -0.2) is 18.6 Å². The number of hydrogen-bond donors (Lipinski definition) is 3. The number of nitrogens with zero attached hydrogens (tertiary/aromatic N) is 2. The zero-order chi connectivity index (χ0) is 11.9. The summed E-state index contributed by atoms with van der Waals surface area (Å²) in [6.07, 6.45) is 1.80. The average molecular weight is 237 g/mol. The van der Waals surface area contributed by atoms with Gasteiger partial charge >= 0.3 is 0 Å². The van der Waals surface area contributed by atoms with Gasteiger partial charge in [0.15, 0.2) is 0 Å². The Morgan fingerprint density at radius 3 is 2.53 bits per heavy atom. The number of rotatable bonds is 6. The molecular weight excluding hydrogens is 218 g/mol. The van der Waals surface area contributed by atoms with Crippen LogP contribution in [0.3, 0.4) is 0 Å². The molecule has 0 amide bonds. The highest BCUT2D eigenvalue weighted by molar-refractivity contribution is 7.88. The van der Waals surface area contributed by atoms with Crippen LogP contribution in [-0.2, 0) is 10.0 Å². The molecule has 0 radical (unpaired) electrons. The molecule has 0 heterocycles. The third-order valence-electron chi connectivity index (χ3n) is 1.82. The number of nitrogens with two attached hydrogens (primary N) is 2. The first kappa shape index (κ1) is 14.1. The quantitative estimate of drug-likeness (QED) is 0.170. The molecule has 7 nitrogen and oxygen atoms in total. The van der Waals surface area contributed by atoms with Crippen LogP contribution in [0.1, 0.15) is 13.3 Å². The summed E-state index contributed by atoms with van der Waals surface area (Å²) < 4.78 is 23.7. The molecule has 0 aliphatic rings. The maximum atomic E-state index is 11.2. The molecule has 0 unspecified atom stereocenters. The maximum absolute atomic E-state index is 11.2. The van der Waals surface area contributed by atoms with Crippen LogP contribution < -0.4 is 17.0 Å². The molecule has 0 saturated heterocycles. The molecule has 0 aliphatic heterocycles. The molecule has 0 aromatic heterocycles. The van der Waals surface area contributed by atoms with Gasteiger partial charge in [-0.2, -0.15) is 0 Å². The molecule has 0 aromatic carbocycles. The monoisotopic (exact) mass is 237 g/mol. The van der Waals surface area contributed by atoms with Gasteiger partial charge in [-0.15, -0.1) is 0 Å². The fraction of sp³-hybridized carbons (Fsp3) is 0.857. The minimum atomic E-state index is -3.11. The molecule has 15 heavy (non-hydrogen) atoms. The van der Waals surface area contributed by atoms with E-state index in [4.69, 9.17) is 11.6 Å². The number of hydrazine groups is 1. The van der Waals surface area contributed by atoms with Crippen molar-refractivity contribution in [2.75, 3.05) is 25.9 Å². The highest BCUT2D eigenvalue weighted by Gasteiger charge is 2.12. The molecule has 0 fully saturated rings. The normalized spacial score (nSPS) is 13.2. The summed E-state index contributed by atoms with van der Waals surface area (Å²) in [5.74, 6) is 5.15. The number of nitrogens with one attached hydrogen (secondary N) is 1. The highest BCUT2D eigenvalue weighted by Crippen LogP contribution is 1.98. The molecule has 0 aromatic rings. The summed E-state index contributed by atoms with van der Waals surface area (Å²) in [6, 6.07) is 0. The molecular formula is C7H19N5O2S. The van der Waals surface area contributed by atoms with Crippen LogP contribution in [0.15, 0.2) is 4.99 Å². The van der Waals surface area contributed by atoms with Gasteiger partial charge in [0, 0.05) is 19.6 Å². The summed E-state index contributed by atoms with van der Waals surface area (Å²) in [5.41, 5.74) is 7.48. The smallest absolute Gasteiger partial charge is 0.211 e. The summed E-state index contributed by atoms with van der Waals surface area (Å²) in [5, 5.41) is 0. The van der Waals surface area contributed by atoms with Crippen molar-refractivity contribution >= 4 is 16.0 Å². The van der Waals surface area contributed by atoms with Crippen LogP contribution >= 0.6 is 0 Å². The Hall–Kier alpha value is -0.860. The van der Waals surface area contributed by atoms with Crippen molar-refractivity contribution in [1.29, 1.82) is 0 Å². The molecule has 0 spiro atoms. The number of sulfonamides is 1. The predicted octanol–water partition coefficient (Wildman–Crippen LogP) is -1.56. The van der Waals surface area contributed by atoms with E-state index in [1.807, 2.05) is 0 Å². The number of hydrogen-bond acceptors (Lipinski definition) is 4. The maximum Gasteiger partial charge on any atom is 0.211 e. The van der Waals surface area contributed by atoms with Gasteiger partial charge in [0.2, 0.25) is 16.0 Å². The van der Waals surface area contributed by atoms with E-state index < -0.39 is 10.0 Å². The van der Waals surface area contributed by atoms with Crippen LogP contribution in [0.5, 0.6) is 0 Å². The Bertz CT molecular complexity index is 301. The summed E-state index contributed by atoms with van der Waals surface area (Å²) >= 11 is 0. The Balaban J connectivity index is 3.95. The van der Waals surface area contributed by atoms with Gasteiger partial charge in [0.05, 0.1) is 6.26 Å². The summed E-state index contributed by atoms with van der Waals surface area (Å²) in [4.78, 5) is 3.87. The fourth-order valence-electron chi connectivity index (χ4n) is 1.05. The van der Waals surface area contributed by atoms with Crippen LogP contribution in [-0.4, -0.2) is 44.6 Å². The van der Waals surface area contributed by atoms with Crippen LogP contribution in [0, 0.1) is 0 Å². The lowest BCUT2D eigenvalue weighted by molar-refractivity contribution is 0.427. The lowest BCUT2D eigenvalue weighted by atomic mass is 10.4. The van der Waals surface area contributed by atoms with Crippen molar-refractivity contribution in [3.8, 4) is 0 Å². The van der Waals surface area contributed by atoms with Crippen LogP contribution in [0.2, 0.25) is 0 Å². The molecule has 0 saturated carbocycles. The minimum Gasteiger partial charge on any atom is -0.369 e. The van der Waals surface area contributed by atoms with E-state index in [0.717, 1.165) is 0 Å². The second-order valence-corrected chi connectivity index (χ2v) is 5.00. The second-order valence-electron chi connectivity index (χ2n) is 3.02. The van der Waals surface area contributed by atoms with E-state index >= 15 is 0 Å². The number of aliphatic imine (C=N–C) groups is 1. The number of guanidine groups is 1. The summed E-state index contributed by atoms with van der Waals surface area (Å²) in [7, 11) is -3.11. The van der Waals surface area contributed by atoms with Gasteiger partial charge in [-0.1, -0.05) is 6.92 Å². The van der Waals surface area contributed by atoms with Gasteiger partial charge in [0.1, 0.15) is 0 Å². The van der Waals surface area contributed by atoms with E-state index in [1.165, 1.54) is 10.6 Å². The van der Waals surface area contributed by atoms with Gasteiger partial charge in [-0.05, 0) is 6.42 Å². The first-order valence-electron chi connectivity index (χ1n) is 4.63. The molecule has 8 heteroatoms. The second kappa shape index (κ2) is 6.59. The zero-order valence-electron chi connectivity index (χ0n) is 9.10. The fourth-order valence-corrected chi connectivity index (χ4v) is 1.98. The molecule has 90 valence electrons. The SMILES string of the molecule is CCN(CCCN=C(N)NN)S(C)(=O)=O. The lowest BCUT2D eigenvalue weighted by Gasteiger charge is -2.16. The van der Waals surface area contributed by atoms with E-state index in [0.29, 0.717) is 26.1 Å². The van der Waals surface area contributed by atoms with Crippen molar-refractivity contribution in [3.05, 3.63) is 0 Å². The van der Waals surface area contributed by atoms with Crippen LogP contribution in [0.25, 0.3) is 0 Å². The van der Waals surface area contributed by atoms with E-state index in [9.17, 15) is 8.42 Å². The van der Waals surface area contributed by atoms with Gasteiger partial charge < -0.3 is 5.73 Å². The zero-order valence-corrected chi connectivity index (χ0v) is 9.92. The van der Waals surface area contributed by atoms with Gasteiger partial charge in [0.25, 0.3) is 0 Å². The van der Waals surface area contributed by atoms with Crippen molar-refractivity contribution < 1.29 is 8.42 Å². The van der Waals surface area contributed by atoms with Crippen molar-refractivity contribution in [1.82, 2.24) is 9.73 Å². The van der Waals surface area contributed by atoms with E-state index in [2.05, 4.69) is 10.4 Å². The van der Waals surface area contributed by atoms with Crippen molar-refractivity contribution in [3.63, 3.8) is 0 Å². The molecule has 0 atom stereocenters. The Morgan fingerprint density at radius 2 is 2.13 bits per heavy atom. The standard InChI is InChI=1S/C7H19N5O2S/c1-3-12(15(2,13)14)6-4-5-10-7(8)11-9/h3-6,9H2,1-2H3,(H3,8,10,11). The van der Waals surface area contributed by atoms with Crippen molar-refractivity contribution in [2.45, 2.75) is 13.3 Å². The van der Waals surface area contributed by atoms with Crippen molar-refractivity contribution in [2.24, 2.45) is 16.6 Å². The van der Waals surface area contributed by atoms with E-state index in [-0.39, 0.29) is 5.96 Å². The Kier molecular flexibility index (Phi) is 6.21. The summed E-state index contributed by atoms with van der Waals surface area (Å²) in [6.45, 7) is 3.14. The van der Waals surface area contributed by atoms with Crippen LogP contribution in [0.4, 0.5) is 0 Å². The Morgan fingerprint density at radius 1 is 1.53 bits per heavy atom. The van der Waals surface area contributed by atoms with E-state index in [1.54, 1.807) is 6.92 Å². The molecule has 5 N–H and O–H groups in total. The first-order chi connectivity index (χ1) is 6.91. The highest BCUT2D eigenvalue weighted by atomic mass is 32.2. The minimum absolute atomic E-state index is 0.150. The average Bonchev–Trinajstić information content (AvgIpc) is 2.15. The first-order valence-corrected chi connectivity index (χ1v) is 6.48. The lowest BCUT2D eigenvalue weighted by Crippen LogP contribution is -2.37. The largest absolute Gasteiger partial charge is 0.369 e. The third-order valence-corrected chi connectivity index (χ3v) is 3.20. The molecule has 0 aliphatic carbocycles. The molecule has 0 rings (SSSR count).